The molecule has 0 saturated carbocycles. The standard InChI is InChI=1S/C21H24FN5O3/c1-20(2)18(29)27(4)19(23)26-21(20,3)14-10-12(6-8-15(14)22)25-17(28)16-9-7-13(30-5)11-24-16/h6-11H,1-5H3,(H2,23,26)(H,25,28)/t21-/m1/s1. The van der Waals surface area contributed by atoms with Gasteiger partial charge in [-0.3, -0.25) is 14.5 Å². The van der Waals surface area contributed by atoms with Crippen molar-refractivity contribution in [2.24, 2.45) is 16.1 Å². The van der Waals surface area contributed by atoms with E-state index in [0.717, 1.165) is 0 Å². The lowest BCUT2D eigenvalue weighted by Crippen LogP contribution is -2.58. The van der Waals surface area contributed by atoms with Gasteiger partial charge >= 0.3 is 0 Å². The van der Waals surface area contributed by atoms with Gasteiger partial charge < -0.3 is 15.8 Å². The van der Waals surface area contributed by atoms with Crippen molar-refractivity contribution in [3.8, 4) is 5.75 Å². The fourth-order valence-corrected chi connectivity index (χ4v) is 3.38. The summed E-state index contributed by atoms with van der Waals surface area (Å²) in [5, 5.41) is 2.69. The van der Waals surface area contributed by atoms with E-state index in [9.17, 15) is 14.0 Å². The highest BCUT2D eigenvalue weighted by atomic mass is 19.1. The van der Waals surface area contributed by atoms with E-state index in [1.54, 1.807) is 26.8 Å². The zero-order valence-electron chi connectivity index (χ0n) is 17.5. The third-order valence-electron chi connectivity index (χ3n) is 5.69. The summed E-state index contributed by atoms with van der Waals surface area (Å²) in [4.78, 5) is 35.1. The summed E-state index contributed by atoms with van der Waals surface area (Å²) in [5.41, 5.74) is 4.22. The van der Waals surface area contributed by atoms with Gasteiger partial charge in [-0.2, -0.15) is 0 Å². The summed E-state index contributed by atoms with van der Waals surface area (Å²) in [5.74, 6) is -0.790. The number of ether oxygens (including phenoxy) is 1. The monoisotopic (exact) mass is 413 g/mol. The summed E-state index contributed by atoms with van der Waals surface area (Å²) in [6.45, 7) is 5.03. The maximum absolute atomic E-state index is 14.9. The van der Waals surface area contributed by atoms with E-state index in [2.05, 4.69) is 15.3 Å². The van der Waals surface area contributed by atoms with Crippen LogP contribution in [0.3, 0.4) is 0 Å². The van der Waals surface area contributed by atoms with E-state index in [4.69, 9.17) is 10.5 Å². The Balaban J connectivity index is 1.99. The first-order chi connectivity index (χ1) is 14.0. The number of methoxy groups -OCH3 is 1. The Morgan fingerprint density at radius 3 is 2.53 bits per heavy atom. The van der Waals surface area contributed by atoms with Gasteiger partial charge in [0.25, 0.3) is 5.91 Å². The van der Waals surface area contributed by atoms with E-state index in [0.29, 0.717) is 11.4 Å². The van der Waals surface area contributed by atoms with Crippen molar-refractivity contribution in [3.05, 3.63) is 53.6 Å². The first kappa shape index (κ1) is 21.2. The lowest BCUT2D eigenvalue weighted by Gasteiger charge is -2.46. The van der Waals surface area contributed by atoms with Gasteiger partial charge in [-0.05, 0) is 51.1 Å². The van der Waals surface area contributed by atoms with Crippen molar-refractivity contribution in [1.29, 1.82) is 0 Å². The summed E-state index contributed by atoms with van der Waals surface area (Å²) in [6.07, 6.45) is 1.43. The van der Waals surface area contributed by atoms with Crippen molar-refractivity contribution < 1.29 is 18.7 Å². The summed E-state index contributed by atoms with van der Waals surface area (Å²) in [7, 11) is 3.03. The number of aromatic nitrogens is 1. The molecule has 2 heterocycles. The Bertz CT molecular complexity index is 1040. The molecule has 0 radical (unpaired) electrons. The van der Waals surface area contributed by atoms with Crippen LogP contribution in [0.15, 0.2) is 41.5 Å². The molecule has 1 atom stereocenters. The number of guanidine groups is 1. The Morgan fingerprint density at radius 1 is 1.23 bits per heavy atom. The number of rotatable bonds is 4. The molecule has 1 aliphatic heterocycles. The number of aliphatic imine (C=N–C) groups is 1. The van der Waals surface area contributed by atoms with Crippen LogP contribution in [-0.2, 0) is 10.3 Å². The Labute approximate surface area is 173 Å². The van der Waals surface area contributed by atoms with Gasteiger partial charge in [0.05, 0.1) is 18.7 Å². The Kier molecular flexibility index (Phi) is 5.23. The van der Waals surface area contributed by atoms with Crippen molar-refractivity contribution in [1.82, 2.24) is 9.88 Å². The molecule has 1 aliphatic rings. The van der Waals surface area contributed by atoms with Gasteiger partial charge in [-0.15, -0.1) is 0 Å². The number of nitrogens with zero attached hydrogens (tertiary/aromatic N) is 3. The fraction of sp³-hybridized carbons (Fsp3) is 0.333. The highest BCUT2D eigenvalue weighted by Gasteiger charge is 2.53. The van der Waals surface area contributed by atoms with Crippen LogP contribution in [0.4, 0.5) is 10.1 Å². The molecule has 1 aromatic carbocycles. The molecule has 3 rings (SSSR count). The number of pyridine rings is 1. The van der Waals surface area contributed by atoms with E-state index in [1.165, 1.54) is 49.5 Å². The van der Waals surface area contributed by atoms with Crippen LogP contribution >= 0.6 is 0 Å². The third-order valence-corrected chi connectivity index (χ3v) is 5.69. The molecule has 0 aliphatic carbocycles. The predicted octanol–water partition coefficient (Wildman–Crippen LogP) is 2.51. The molecule has 2 amide bonds. The van der Waals surface area contributed by atoms with Gasteiger partial charge in [0.2, 0.25) is 5.91 Å². The van der Waals surface area contributed by atoms with Crippen LogP contribution in [0.25, 0.3) is 0 Å². The highest BCUT2D eigenvalue weighted by Crippen LogP contribution is 2.47. The van der Waals surface area contributed by atoms with Gasteiger partial charge in [-0.1, -0.05) is 0 Å². The van der Waals surface area contributed by atoms with Gasteiger partial charge in [0, 0.05) is 18.3 Å². The quantitative estimate of drug-likeness (QED) is 0.800. The molecule has 30 heavy (non-hydrogen) atoms. The van der Waals surface area contributed by atoms with E-state index in [-0.39, 0.29) is 23.1 Å². The van der Waals surface area contributed by atoms with Crippen LogP contribution in [-0.4, -0.2) is 41.8 Å². The fourth-order valence-electron chi connectivity index (χ4n) is 3.38. The van der Waals surface area contributed by atoms with E-state index < -0.39 is 22.7 Å². The van der Waals surface area contributed by atoms with E-state index >= 15 is 0 Å². The second kappa shape index (κ2) is 7.40. The molecule has 0 saturated heterocycles. The first-order valence-corrected chi connectivity index (χ1v) is 9.26. The minimum absolute atomic E-state index is 0.00176. The van der Waals surface area contributed by atoms with Gasteiger partial charge in [0.15, 0.2) is 5.96 Å². The van der Waals surface area contributed by atoms with Crippen LogP contribution in [0, 0.1) is 11.2 Å². The molecule has 0 fully saturated rings. The predicted molar refractivity (Wildman–Crippen MR) is 111 cm³/mol. The van der Waals surface area contributed by atoms with Crippen LogP contribution < -0.4 is 15.8 Å². The third kappa shape index (κ3) is 3.36. The molecular weight excluding hydrogens is 389 g/mol. The topological polar surface area (TPSA) is 110 Å². The van der Waals surface area contributed by atoms with Crippen LogP contribution in [0.5, 0.6) is 5.75 Å². The maximum atomic E-state index is 14.9. The number of carbonyl (C=O) groups excluding carboxylic acids is 2. The number of benzene rings is 1. The maximum Gasteiger partial charge on any atom is 0.274 e. The minimum atomic E-state index is -1.27. The molecule has 3 N–H and O–H groups in total. The molecule has 8 nitrogen and oxygen atoms in total. The van der Waals surface area contributed by atoms with Gasteiger partial charge in [-0.25, -0.2) is 14.4 Å². The van der Waals surface area contributed by atoms with Crippen molar-refractivity contribution >= 4 is 23.5 Å². The second-order valence-corrected chi connectivity index (χ2v) is 7.76. The molecule has 0 bridgehead atoms. The van der Waals surface area contributed by atoms with Crippen LogP contribution in [0.2, 0.25) is 0 Å². The number of hydrogen-bond acceptors (Lipinski definition) is 6. The number of hydrogen-bond donors (Lipinski definition) is 2. The largest absolute Gasteiger partial charge is 0.495 e. The zero-order chi connectivity index (χ0) is 22.3. The van der Waals surface area contributed by atoms with Crippen molar-refractivity contribution in [2.45, 2.75) is 26.3 Å². The highest BCUT2D eigenvalue weighted by molar-refractivity contribution is 6.03. The summed E-state index contributed by atoms with van der Waals surface area (Å²) >= 11 is 0. The first-order valence-electron chi connectivity index (χ1n) is 9.26. The number of carbonyl (C=O) groups is 2. The van der Waals surface area contributed by atoms with Crippen molar-refractivity contribution in [3.63, 3.8) is 0 Å². The molecule has 0 spiro atoms. The molecule has 1 aromatic heterocycles. The smallest absolute Gasteiger partial charge is 0.274 e. The number of anilines is 1. The number of nitrogens with two attached hydrogens (primary N) is 1. The molecule has 0 unspecified atom stereocenters. The minimum Gasteiger partial charge on any atom is -0.495 e. The average molecular weight is 413 g/mol. The SMILES string of the molecule is COc1ccc(C(=O)Nc2ccc(F)c([C@@]3(C)N=C(N)N(C)C(=O)C3(C)C)c2)nc1. The Morgan fingerprint density at radius 2 is 1.93 bits per heavy atom. The number of nitrogens with one attached hydrogen (secondary N) is 1. The molecule has 158 valence electrons. The molecular formula is C21H24FN5O3. The second-order valence-electron chi connectivity index (χ2n) is 7.76. The van der Waals surface area contributed by atoms with Crippen LogP contribution in [0.1, 0.15) is 36.8 Å². The van der Waals surface area contributed by atoms with Gasteiger partial charge in [0.1, 0.15) is 22.8 Å². The molecule has 9 heteroatoms. The summed E-state index contributed by atoms with van der Waals surface area (Å²) < 4.78 is 19.9. The number of halogens is 1. The van der Waals surface area contributed by atoms with E-state index in [1.807, 2.05) is 0 Å². The number of amides is 2. The Hall–Kier alpha value is -3.49. The molecule has 2 aromatic rings. The van der Waals surface area contributed by atoms with Crippen molar-refractivity contribution in [2.75, 3.05) is 19.5 Å². The lowest BCUT2D eigenvalue weighted by atomic mass is 9.67. The normalized spacial score (nSPS) is 20.5. The zero-order valence-corrected chi connectivity index (χ0v) is 17.5. The summed E-state index contributed by atoms with van der Waals surface area (Å²) in [6, 6.07) is 7.25. The lowest BCUT2D eigenvalue weighted by molar-refractivity contribution is -0.140. The average Bonchev–Trinajstić information content (AvgIpc) is 2.72.